The molecule has 5 nitrogen and oxygen atoms in total. The van der Waals surface area contributed by atoms with Crippen LogP contribution in [0.25, 0.3) is 5.70 Å². The summed E-state index contributed by atoms with van der Waals surface area (Å²) < 4.78 is 6.07. The van der Waals surface area contributed by atoms with E-state index in [0.29, 0.717) is 23.7 Å². The summed E-state index contributed by atoms with van der Waals surface area (Å²) in [6, 6.07) is 13.2. The molecule has 0 radical (unpaired) electrons. The number of aryl methyl sites for hydroxylation is 2. The summed E-state index contributed by atoms with van der Waals surface area (Å²) in [7, 11) is 0. The predicted molar refractivity (Wildman–Crippen MR) is 133 cm³/mol. The van der Waals surface area contributed by atoms with Gasteiger partial charge in [0.15, 0.2) is 0 Å². The van der Waals surface area contributed by atoms with Gasteiger partial charge in [0, 0.05) is 27.8 Å². The Labute approximate surface area is 196 Å². The third-order valence-corrected chi connectivity index (χ3v) is 6.36. The van der Waals surface area contributed by atoms with E-state index in [1.807, 2.05) is 44.2 Å². The van der Waals surface area contributed by atoms with Crippen molar-refractivity contribution in [3.05, 3.63) is 70.8 Å². The second-order valence-electron chi connectivity index (χ2n) is 8.55. The van der Waals surface area contributed by atoms with Gasteiger partial charge in [0.2, 0.25) is 5.90 Å². The van der Waals surface area contributed by atoms with Crippen LogP contribution in [0, 0.1) is 25.2 Å². The van der Waals surface area contributed by atoms with E-state index in [1.165, 1.54) is 6.42 Å². The minimum Gasteiger partial charge on any atom is -0.473 e. The second-order valence-corrected chi connectivity index (χ2v) is 9.06. The molecule has 1 unspecified atom stereocenters. The third-order valence-electron chi connectivity index (χ3n) is 6.08. The van der Waals surface area contributed by atoms with E-state index in [9.17, 15) is 4.79 Å². The minimum absolute atomic E-state index is 0.0207. The van der Waals surface area contributed by atoms with Gasteiger partial charge in [0.05, 0.1) is 6.54 Å². The van der Waals surface area contributed by atoms with Crippen LogP contribution in [0.2, 0.25) is 0 Å². The summed E-state index contributed by atoms with van der Waals surface area (Å²) in [5.74, 6) is 0.158. The van der Waals surface area contributed by atoms with E-state index in [-0.39, 0.29) is 17.9 Å². The van der Waals surface area contributed by atoms with Crippen LogP contribution in [-0.4, -0.2) is 24.5 Å². The minimum atomic E-state index is -0.270. The van der Waals surface area contributed by atoms with Crippen LogP contribution >= 0.6 is 12.6 Å². The lowest BCUT2D eigenvalue weighted by atomic mass is 9.85. The Balaban J connectivity index is 1.71. The Hall–Kier alpha value is -2.73. The summed E-state index contributed by atoms with van der Waals surface area (Å²) in [5, 5.41) is 11.4. The summed E-state index contributed by atoms with van der Waals surface area (Å²) in [5.41, 5.74) is 10.5. The van der Waals surface area contributed by atoms with Crippen molar-refractivity contribution in [3.8, 4) is 0 Å². The Morgan fingerprint density at radius 1 is 1.19 bits per heavy atom. The fourth-order valence-corrected chi connectivity index (χ4v) is 4.66. The molecule has 1 atom stereocenters. The van der Waals surface area contributed by atoms with Crippen molar-refractivity contribution in [2.24, 2.45) is 11.7 Å². The van der Waals surface area contributed by atoms with Crippen LogP contribution in [-0.2, 0) is 4.74 Å². The van der Waals surface area contributed by atoms with E-state index in [0.717, 1.165) is 47.3 Å². The fraction of sp³-hybridized carbons (Fsp3) is 0.385. The first kappa shape index (κ1) is 23.9. The number of thiol groups is 1. The Morgan fingerprint density at radius 2 is 1.84 bits per heavy atom. The largest absolute Gasteiger partial charge is 0.473 e. The lowest BCUT2D eigenvalue weighted by Crippen LogP contribution is -2.40. The van der Waals surface area contributed by atoms with Gasteiger partial charge in [-0.2, -0.15) is 0 Å². The molecule has 0 heterocycles. The third kappa shape index (κ3) is 6.39. The number of nitrogens with one attached hydrogen (secondary N) is 2. The number of benzene rings is 2. The number of nitrogens with two attached hydrogens (primary N) is 1. The second kappa shape index (κ2) is 11.2. The number of hydrogen-bond donors (Lipinski definition) is 4. The van der Waals surface area contributed by atoms with Crippen molar-refractivity contribution in [1.29, 1.82) is 5.41 Å². The van der Waals surface area contributed by atoms with Gasteiger partial charge in [-0.3, -0.25) is 10.2 Å². The van der Waals surface area contributed by atoms with Crippen molar-refractivity contribution in [2.75, 3.05) is 6.54 Å². The fourth-order valence-electron chi connectivity index (χ4n) is 4.43. The van der Waals surface area contributed by atoms with Gasteiger partial charge in [0.1, 0.15) is 6.10 Å². The van der Waals surface area contributed by atoms with Crippen molar-refractivity contribution in [2.45, 2.75) is 57.0 Å². The molecule has 0 aliphatic heterocycles. The normalized spacial score (nSPS) is 15.8. The van der Waals surface area contributed by atoms with Gasteiger partial charge in [-0.25, -0.2) is 0 Å². The van der Waals surface area contributed by atoms with Crippen LogP contribution in [0.15, 0.2) is 53.4 Å². The number of carbonyl (C=O) groups is 1. The number of ether oxygens (including phenoxy) is 1. The zero-order chi connectivity index (χ0) is 23.1. The van der Waals surface area contributed by atoms with Crippen LogP contribution in [0.4, 0.5) is 0 Å². The lowest BCUT2D eigenvalue weighted by Gasteiger charge is -2.30. The number of amides is 1. The smallest absolute Gasteiger partial charge is 0.251 e. The first-order chi connectivity index (χ1) is 15.3. The molecule has 0 saturated heterocycles. The SMILES string of the molecule is Cc1cccc(C)c1/C(N)=C/C(=N)OC(CNC(=O)c1cccc(S)c1)C1CCCCC1. The highest BCUT2D eigenvalue weighted by Gasteiger charge is 2.26. The van der Waals surface area contributed by atoms with Crippen molar-refractivity contribution < 1.29 is 9.53 Å². The zero-order valence-electron chi connectivity index (χ0n) is 18.9. The standard InChI is InChI=1S/C26H33N3O2S/c1-17-8-6-9-18(2)25(17)22(27)15-24(28)31-23(19-10-4-3-5-11-19)16-29-26(30)20-12-7-13-21(32)14-20/h6-9,12-15,19,23,28,32H,3-5,10-11,16,27H2,1-2H3,(H,29,30)/b22-15-,28-24?. The summed E-state index contributed by atoms with van der Waals surface area (Å²) in [6.07, 6.45) is 6.90. The van der Waals surface area contributed by atoms with Crippen LogP contribution in [0.1, 0.15) is 59.2 Å². The zero-order valence-corrected chi connectivity index (χ0v) is 19.8. The number of carbonyl (C=O) groups excluding carboxylic acids is 1. The molecule has 2 aromatic rings. The van der Waals surface area contributed by atoms with Gasteiger partial charge < -0.3 is 15.8 Å². The highest BCUT2D eigenvalue weighted by Crippen LogP contribution is 2.28. The molecule has 170 valence electrons. The van der Waals surface area contributed by atoms with Crippen molar-refractivity contribution >= 4 is 30.1 Å². The van der Waals surface area contributed by atoms with Gasteiger partial charge >= 0.3 is 0 Å². The van der Waals surface area contributed by atoms with E-state index in [4.69, 9.17) is 15.9 Å². The predicted octanol–water partition coefficient (Wildman–Crippen LogP) is 5.26. The monoisotopic (exact) mass is 451 g/mol. The number of hydrogen-bond acceptors (Lipinski definition) is 5. The average Bonchev–Trinajstić information content (AvgIpc) is 2.76. The Bertz CT molecular complexity index is 976. The van der Waals surface area contributed by atoms with Gasteiger partial charge in [-0.1, -0.05) is 43.5 Å². The Kier molecular flexibility index (Phi) is 8.39. The molecule has 0 spiro atoms. The molecule has 1 aliphatic rings. The first-order valence-corrected chi connectivity index (χ1v) is 11.7. The molecule has 0 bridgehead atoms. The lowest BCUT2D eigenvalue weighted by molar-refractivity contribution is 0.0801. The molecular weight excluding hydrogens is 418 g/mol. The maximum Gasteiger partial charge on any atom is 0.251 e. The molecule has 1 amide bonds. The average molecular weight is 452 g/mol. The quantitative estimate of drug-likeness (QED) is 0.263. The molecule has 1 saturated carbocycles. The molecule has 1 fully saturated rings. The van der Waals surface area contributed by atoms with Gasteiger partial charge in [0.25, 0.3) is 5.91 Å². The van der Waals surface area contributed by atoms with Gasteiger partial charge in [-0.05, 0) is 61.9 Å². The van der Waals surface area contributed by atoms with E-state index in [1.54, 1.807) is 18.2 Å². The summed E-state index contributed by atoms with van der Waals surface area (Å²) in [6.45, 7) is 4.36. The molecule has 4 N–H and O–H groups in total. The highest BCUT2D eigenvalue weighted by molar-refractivity contribution is 7.80. The highest BCUT2D eigenvalue weighted by atomic mass is 32.1. The molecule has 6 heteroatoms. The van der Waals surface area contributed by atoms with Crippen LogP contribution < -0.4 is 11.1 Å². The molecule has 3 rings (SSSR count). The molecule has 1 aliphatic carbocycles. The summed E-state index contributed by atoms with van der Waals surface area (Å²) in [4.78, 5) is 13.4. The molecular formula is C26H33N3O2S. The van der Waals surface area contributed by atoms with E-state index in [2.05, 4.69) is 17.9 Å². The maximum absolute atomic E-state index is 12.6. The van der Waals surface area contributed by atoms with E-state index < -0.39 is 0 Å². The first-order valence-electron chi connectivity index (χ1n) is 11.2. The van der Waals surface area contributed by atoms with Crippen molar-refractivity contribution in [3.63, 3.8) is 0 Å². The van der Waals surface area contributed by atoms with Crippen molar-refractivity contribution in [1.82, 2.24) is 5.32 Å². The maximum atomic E-state index is 12.6. The molecule has 0 aromatic heterocycles. The molecule has 2 aromatic carbocycles. The van der Waals surface area contributed by atoms with Crippen LogP contribution in [0.3, 0.4) is 0 Å². The summed E-state index contributed by atoms with van der Waals surface area (Å²) >= 11 is 4.31. The molecule has 32 heavy (non-hydrogen) atoms. The number of rotatable bonds is 7. The Morgan fingerprint density at radius 3 is 2.50 bits per heavy atom. The van der Waals surface area contributed by atoms with E-state index >= 15 is 0 Å². The topological polar surface area (TPSA) is 88.2 Å². The van der Waals surface area contributed by atoms with Gasteiger partial charge in [-0.15, -0.1) is 12.6 Å². The van der Waals surface area contributed by atoms with Crippen LogP contribution in [0.5, 0.6) is 0 Å².